The first-order valence-electron chi connectivity index (χ1n) is 4.72. The van der Waals surface area contributed by atoms with E-state index in [4.69, 9.17) is 0 Å². The first kappa shape index (κ1) is 11.9. The second-order valence-corrected chi connectivity index (χ2v) is 5.39. The molecule has 0 radical (unpaired) electrons. The van der Waals surface area contributed by atoms with Gasteiger partial charge in [-0.1, -0.05) is 31.2 Å². The van der Waals surface area contributed by atoms with Crippen molar-refractivity contribution in [3.63, 3.8) is 0 Å². The molecule has 0 amide bonds. The molecule has 0 aromatic heterocycles. The Morgan fingerprint density at radius 1 is 1.36 bits per heavy atom. The summed E-state index contributed by atoms with van der Waals surface area (Å²) in [5.74, 6) is 0. The van der Waals surface area contributed by atoms with Gasteiger partial charge in [0.05, 0.1) is 0 Å². The Kier molecular flexibility index (Phi) is 4.31. The molecule has 0 fully saturated rings. The van der Waals surface area contributed by atoms with Crippen LogP contribution in [0.5, 0.6) is 0 Å². The smallest absolute Gasteiger partial charge is 0.183 e. The molecule has 1 aromatic rings. The highest BCUT2D eigenvalue weighted by Gasteiger charge is 2.20. The van der Waals surface area contributed by atoms with Gasteiger partial charge in [-0.25, -0.2) is 4.39 Å². The van der Waals surface area contributed by atoms with Crippen LogP contribution in [0.4, 0.5) is 4.39 Å². The van der Waals surface area contributed by atoms with E-state index >= 15 is 0 Å². The molecule has 0 aliphatic carbocycles. The molecule has 1 rings (SSSR count). The maximum absolute atomic E-state index is 13.5. The van der Waals surface area contributed by atoms with Gasteiger partial charge in [-0.3, -0.25) is 0 Å². The molecule has 0 bridgehead atoms. The van der Waals surface area contributed by atoms with Crippen LogP contribution in [-0.2, 0) is 10.2 Å². The summed E-state index contributed by atoms with van der Waals surface area (Å²) in [6.45, 7) is 5.43. The Bertz CT molecular complexity index is 276. The molecule has 1 atom stereocenters. The van der Waals surface area contributed by atoms with Crippen molar-refractivity contribution >= 4 is 22.6 Å². The first-order chi connectivity index (χ1) is 6.54. The van der Waals surface area contributed by atoms with Crippen molar-refractivity contribution in [3.8, 4) is 0 Å². The summed E-state index contributed by atoms with van der Waals surface area (Å²) in [6.07, 6.45) is 0. The first-order valence-corrected chi connectivity index (χ1v) is 5.80. The number of halogens is 2. The average molecular weight is 307 g/mol. The molecule has 1 aromatic carbocycles. The van der Waals surface area contributed by atoms with E-state index in [0.29, 0.717) is 0 Å². The summed E-state index contributed by atoms with van der Waals surface area (Å²) in [7, 11) is 0. The predicted molar refractivity (Wildman–Crippen MR) is 66.3 cm³/mol. The molecule has 0 aliphatic rings. The van der Waals surface area contributed by atoms with Gasteiger partial charge in [0.25, 0.3) is 0 Å². The zero-order valence-corrected chi connectivity index (χ0v) is 10.6. The maximum Gasteiger partial charge on any atom is 0.183 e. The molecule has 0 saturated carbocycles. The van der Waals surface area contributed by atoms with Crippen LogP contribution in [0.1, 0.15) is 25.0 Å². The van der Waals surface area contributed by atoms with Gasteiger partial charge in [0.2, 0.25) is 0 Å². The highest BCUT2D eigenvalue weighted by molar-refractivity contribution is 14.1. The van der Waals surface area contributed by atoms with Gasteiger partial charge < -0.3 is 5.32 Å². The van der Waals surface area contributed by atoms with Crippen molar-refractivity contribution in [1.29, 1.82) is 0 Å². The molecule has 1 N–H and O–H groups in total. The third-order valence-corrected chi connectivity index (χ3v) is 2.66. The molecule has 0 heterocycles. The Balaban J connectivity index is 2.69. The maximum atomic E-state index is 13.5. The lowest BCUT2D eigenvalue weighted by atomic mass is 10.1. The van der Waals surface area contributed by atoms with E-state index in [2.05, 4.69) is 12.2 Å². The monoisotopic (exact) mass is 307 g/mol. The van der Waals surface area contributed by atoms with Crippen LogP contribution in [0.2, 0.25) is 0 Å². The highest BCUT2D eigenvalue weighted by Crippen LogP contribution is 2.32. The Morgan fingerprint density at radius 2 is 1.93 bits per heavy atom. The van der Waals surface area contributed by atoms with Gasteiger partial charge in [0.15, 0.2) is 3.68 Å². The summed E-state index contributed by atoms with van der Waals surface area (Å²) < 4.78 is 12.2. The lowest BCUT2D eigenvalue weighted by Crippen LogP contribution is -2.12. The molecule has 78 valence electrons. The Morgan fingerprint density at radius 3 is 2.36 bits per heavy atom. The normalized spacial score (nSPS) is 15.1. The number of benzene rings is 1. The van der Waals surface area contributed by atoms with E-state index in [1.807, 2.05) is 24.3 Å². The summed E-state index contributed by atoms with van der Waals surface area (Å²) in [4.78, 5) is 0. The molecule has 0 unspecified atom stereocenters. The van der Waals surface area contributed by atoms with Crippen molar-refractivity contribution in [1.82, 2.24) is 5.32 Å². The molecular weight excluding hydrogens is 292 g/mol. The van der Waals surface area contributed by atoms with Gasteiger partial charge in [0.1, 0.15) is 0 Å². The summed E-state index contributed by atoms with van der Waals surface area (Å²) in [6, 6.07) is 7.63. The Hall–Kier alpha value is -0.160. The number of rotatable bonds is 4. The topological polar surface area (TPSA) is 12.0 Å². The fourth-order valence-corrected chi connectivity index (χ4v) is 1.54. The largest absolute Gasteiger partial charge is 0.313 e. The summed E-state index contributed by atoms with van der Waals surface area (Å²) >= 11 is 1.80. The van der Waals surface area contributed by atoms with Gasteiger partial charge in [-0.2, -0.15) is 0 Å². The zero-order chi connectivity index (χ0) is 10.6. The van der Waals surface area contributed by atoms with E-state index in [-0.39, 0.29) is 0 Å². The molecular formula is C11H15FIN. The van der Waals surface area contributed by atoms with Gasteiger partial charge >= 0.3 is 0 Å². The molecule has 0 saturated heterocycles. The molecule has 14 heavy (non-hydrogen) atoms. The fourth-order valence-electron chi connectivity index (χ4n) is 1.18. The average Bonchev–Trinajstić information content (AvgIpc) is 2.14. The number of hydrogen-bond acceptors (Lipinski definition) is 1. The van der Waals surface area contributed by atoms with Crippen LogP contribution in [0.15, 0.2) is 24.3 Å². The van der Waals surface area contributed by atoms with Crippen molar-refractivity contribution in [2.45, 2.75) is 24.1 Å². The quantitative estimate of drug-likeness (QED) is 0.664. The standard InChI is InChI=1S/C11H15FIN/c1-3-14-8-9-4-6-10(7-5-9)11(2,12)13/h4-7,14H,3,8H2,1-2H3/t11-/m0/s1. The van der Waals surface area contributed by atoms with Crippen LogP contribution < -0.4 is 5.32 Å². The van der Waals surface area contributed by atoms with Gasteiger partial charge in [-0.05, 0) is 47.2 Å². The fraction of sp³-hybridized carbons (Fsp3) is 0.455. The van der Waals surface area contributed by atoms with Crippen LogP contribution in [0.3, 0.4) is 0 Å². The number of alkyl halides is 2. The van der Waals surface area contributed by atoms with Gasteiger partial charge in [0, 0.05) is 6.54 Å². The molecule has 0 spiro atoms. The van der Waals surface area contributed by atoms with Crippen LogP contribution >= 0.6 is 22.6 Å². The molecule has 1 nitrogen and oxygen atoms in total. The third-order valence-electron chi connectivity index (χ3n) is 2.04. The van der Waals surface area contributed by atoms with E-state index in [1.165, 1.54) is 5.56 Å². The van der Waals surface area contributed by atoms with E-state index in [1.54, 1.807) is 29.5 Å². The van der Waals surface area contributed by atoms with Crippen LogP contribution in [0, 0.1) is 0 Å². The minimum atomic E-state index is -1.27. The van der Waals surface area contributed by atoms with Crippen molar-refractivity contribution in [3.05, 3.63) is 35.4 Å². The number of hydrogen-bond donors (Lipinski definition) is 1. The minimum absolute atomic E-state index is 0.721. The predicted octanol–water partition coefficient (Wildman–Crippen LogP) is 3.37. The SMILES string of the molecule is CCNCc1ccc([C@@](C)(F)I)cc1. The molecule has 3 heteroatoms. The van der Waals surface area contributed by atoms with E-state index in [0.717, 1.165) is 18.7 Å². The van der Waals surface area contributed by atoms with Crippen LogP contribution in [-0.4, -0.2) is 6.54 Å². The van der Waals surface area contributed by atoms with Crippen molar-refractivity contribution < 1.29 is 4.39 Å². The second kappa shape index (κ2) is 5.07. The lowest BCUT2D eigenvalue weighted by molar-refractivity contribution is 0.349. The minimum Gasteiger partial charge on any atom is -0.313 e. The summed E-state index contributed by atoms with van der Waals surface area (Å²) in [5, 5.41) is 3.23. The van der Waals surface area contributed by atoms with E-state index < -0.39 is 3.68 Å². The summed E-state index contributed by atoms with van der Waals surface area (Å²) in [5.41, 5.74) is 1.91. The molecule has 0 aliphatic heterocycles. The van der Waals surface area contributed by atoms with Crippen molar-refractivity contribution in [2.24, 2.45) is 0 Å². The third kappa shape index (κ3) is 3.53. The Labute approximate surface area is 98.2 Å². The van der Waals surface area contributed by atoms with Gasteiger partial charge in [-0.15, -0.1) is 0 Å². The lowest BCUT2D eigenvalue weighted by Gasteiger charge is -2.13. The van der Waals surface area contributed by atoms with E-state index in [9.17, 15) is 4.39 Å². The zero-order valence-electron chi connectivity index (χ0n) is 8.48. The van der Waals surface area contributed by atoms with Crippen molar-refractivity contribution in [2.75, 3.05) is 6.54 Å². The highest BCUT2D eigenvalue weighted by atomic mass is 127. The van der Waals surface area contributed by atoms with Crippen LogP contribution in [0.25, 0.3) is 0 Å². The number of nitrogens with one attached hydrogen (secondary N) is 1. The second-order valence-electron chi connectivity index (χ2n) is 3.37.